The zero-order valence-electron chi connectivity index (χ0n) is 2.41. The van der Waals surface area contributed by atoms with Gasteiger partial charge < -0.3 is 0 Å². The van der Waals surface area contributed by atoms with E-state index >= 15 is 0 Å². The first-order valence-corrected chi connectivity index (χ1v) is 0.500. The largest absolute Gasteiger partial charge is 0.197 e. The van der Waals surface area contributed by atoms with Crippen LogP contribution in [0.2, 0.25) is 0 Å². The number of hydrogen-bond donors (Lipinski definition) is 0. The summed E-state index contributed by atoms with van der Waals surface area (Å²) in [6.45, 7) is 6.00. The Morgan fingerprint density at radius 2 is 0.750 bits per heavy atom. The van der Waals surface area contributed by atoms with Crippen molar-refractivity contribution in [2.75, 3.05) is 0 Å². The molecule has 0 spiro atoms. The van der Waals surface area contributed by atoms with Crippen LogP contribution in [0.3, 0.4) is 0 Å². The fraction of sp³-hybridized carbons (Fsp3) is 0. The second-order valence-electron chi connectivity index (χ2n) is 0. The van der Waals surface area contributed by atoms with Crippen LogP contribution in [-0.4, -0.2) is 0 Å². The molecule has 0 aromatic heterocycles. The van der Waals surface area contributed by atoms with E-state index in [2.05, 4.69) is 13.2 Å². The molecule has 0 aliphatic heterocycles. The monoisotopic (exact) mass is 96.0 g/mol. The summed E-state index contributed by atoms with van der Waals surface area (Å²) in [6, 6.07) is 0. The molecule has 0 rings (SSSR count). The highest BCUT2D eigenvalue weighted by Crippen LogP contribution is 0.862. The van der Waals surface area contributed by atoms with Gasteiger partial charge in [0.2, 0.25) is 0 Å². The van der Waals surface area contributed by atoms with Gasteiger partial charge in [-0.25, -0.2) is 0 Å². The number of rotatable bonds is 0. The molecule has 28 valence electrons. The van der Waals surface area contributed by atoms with Crippen LogP contribution in [0.1, 0.15) is 0 Å². The Labute approximate surface area is 40.8 Å². The van der Waals surface area contributed by atoms with Crippen LogP contribution in [-0.2, 0) is 0 Å². The molecule has 0 aromatic carbocycles. The van der Waals surface area contributed by atoms with Gasteiger partial charge in [-0.1, -0.05) is 0 Å². The molecule has 0 saturated heterocycles. The lowest BCUT2D eigenvalue weighted by molar-refractivity contribution is 2.81. The maximum Gasteiger partial charge on any atom is -0.106 e. The van der Waals surface area contributed by atoms with Crippen molar-refractivity contribution < 1.29 is 0 Å². The normalized spacial score (nSPS) is 1.00. The Kier molecular flexibility index (Phi) is 670. The van der Waals surface area contributed by atoms with E-state index < -0.39 is 0 Å². The molecule has 0 amide bonds. The highest BCUT2D eigenvalue weighted by Gasteiger charge is 0.601. The summed E-state index contributed by atoms with van der Waals surface area (Å²) in [6.07, 6.45) is 0. The minimum Gasteiger partial charge on any atom is -0.197 e. The van der Waals surface area contributed by atoms with E-state index in [4.69, 9.17) is 0 Å². The molecular weight excluding hydrogens is 88.2 g/mol. The molecule has 0 radical (unpaired) electrons. The molecule has 0 aliphatic carbocycles. The van der Waals surface area contributed by atoms with E-state index in [1.807, 2.05) is 0 Å². The summed E-state index contributed by atoms with van der Waals surface area (Å²) in [5.41, 5.74) is 0. The van der Waals surface area contributed by atoms with E-state index in [1.54, 1.807) is 0 Å². The Balaban J connectivity index is -0.00000000500. The summed E-state index contributed by atoms with van der Waals surface area (Å²) >= 11 is 0. The fourth-order valence-electron chi connectivity index (χ4n) is 0. The van der Waals surface area contributed by atoms with E-state index in [1.165, 1.54) is 0 Å². The van der Waals surface area contributed by atoms with E-state index in [0.717, 1.165) is 0 Å². The van der Waals surface area contributed by atoms with Gasteiger partial charge in [-0.15, -0.1) is 13.2 Å². The minimum absolute atomic E-state index is 0. The molecule has 0 aromatic rings. The highest BCUT2D eigenvalue weighted by molar-refractivity contribution is 7.59. The Morgan fingerprint density at radius 1 is 0.750 bits per heavy atom. The average Bonchev–Trinajstić information content (AvgIpc) is 1.00. The summed E-state index contributed by atoms with van der Waals surface area (Å²) in [5.74, 6) is 0. The van der Waals surface area contributed by atoms with Gasteiger partial charge in [-0.3, -0.25) is 0 Å². The SMILES string of the molecule is C=C.S.S. The van der Waals surface area contributed by atoms with Crippen LogP contribution >= 0.6 is 27.0 Å². The first-order valence-electron chi connectivity index (χ1n) is 0.500. The van der Waals surface area contributed by atoms with Crippen LogP contribution in [0, 0.1) is 0 Å². The van der Waals surface area contributed by atoms with E-state index in [-0.39, 0.29) is 27.0 Å². The average molecular weight is 96.2 g/mol. The summed E-state index contributed by atoms with van der Waals surface area (Å²) < 4.78 is 0. The maximum absolute atomic E-state index is 3.00. The van der Waals surface area contributed by atoms with Crippen molar-refractivity contribution in [1.82, 2.24) is 0 Å². The molecule has 0 bridgehead atoms. The summed E-state index contributed by atoms with van der Waals surface area (Å²) in [5, 5.41) is 0. The third kappa shape index (κ3) is 26.1. The molecule has 0 fully saturated rings. The van der Waals surface area contributed by atoms with E-state index in [9.17, 15) is 0 Å². The molecular formula is C2H8S2. The first-order chi connectivity index (χ1) is 1.00. The smallest absolute Gasteiger partial charge is 0.106 e. The predicted molar refractivity (Wildman–Crippen MR) is 32.0 cm³/mol. The van der Waals surface area contributed by atoms with Crippen molar-refractivity contribution in [1.29, 1.82) is 0 Å². The van der Waals surface area contributed by atoms with Crippen molar-refractivity contribution in [3.63, 3.8) is 0 Å². The molecule has 0 heterocycles. The van der Waals surface area contributed by atoms with Gasteiger partial charge in [0.25, 0.3) is 0 Å². The Morgan fingerprint density at radius 3 is 0.750 bits per heavy atom. The van der Waals surface area contributed by atoms with Crippen LogP contribution < -0.4 is 0 Å². The van der Waals surface area contributed by atoms with E-state index in [0.29, 0.717) is 0 Å². The van der Waals surface area contributed by atoms with Crippen LogP contribution in [0.4, 0.5) is 0 Å². The first kappa shape index (κ1) is 25.3. The molecule has 0 aliphatic rings. The maximum atomic E-state index is 3.00. The second kappa shape index (κ2) is 106. The standard InChI is InChI=1S/C2H4.2H2S/c1-2;;/h1-2H2;2*1H2. The van der Waals surface area contributed by atoms with Crippen LogP contribution in [0.25, 0.3) is 0 Å². The molecule has 0 nitrogen and oxygen atoms in total. The Hall–Kier alpha value is 0.440. The zero-order valence-corrected chi connectivity index (χ0v) is 4.41. The van der Waals surface area contributed by atoms with Crippen molar-refractivity contribution in [2.45, 2.75) is 0 Å². The van der Waals surface area contributed by atoms with Gasteiger partial charge in [-0.05, 0) is 0 Å². The third-order valence-corrected chi connectivity index (χ3v) is 0. The molecule has 0 atom stereocenters. The van der Waals surface area contributed by atoms with Gasteiger partial charge >= 0.3 is 0 Å². The van der Waals surface area contributed by atoms with Gasteiger partial charge in [0, 0.05) is 0 Å². The highest BCUT2D eigenvalue weighted by atomic mass is 32.1. The molecule has 4 heavy (non-hydrogen) atoms. The van der Waals surface area contributed by atoms with Crippen LogP contribution in [0.5, 0.6) is 0 Å². The van der Waals surface area contributed by atoms with Gasteiger partial charge in [-0.2, -0.15) is 27.0 Å². The van der Waals surface area contributed by atoms with Gasteiger partial charge in [0.1, 0.15) is 0 Å². The third-order valence-electron chi connectivity index (χ3n) is 0. The second-order valence-corrected chi connectivity index (χ2v) is 0. The van der Waals surface area contributed by atoms with Crippen molar-refractivity contribution >= 4 is 27.0 Å². The fourth-order valence-corrected chi connectivity index (χ4v) is 0. The molecule has 0 unspecified atom stereocenters. The minimum atomic E-state index is 0. The summed E-state index contributed by atoms with van der Waals surface area (Å²) in [7, 11) is 0. The molecule has 0 saturated carbocycles. The van der Waals surface area contributed by atoms with Crippen molar-refractivity contribution in [3.05, 3.63) is 13.2 Å². The van der Waals surface area contributed by atoms with Gasteiger partial charge in [0.15, 0.2) is 0 Å². The lowest BCUT2D eigenvalue weighted by atomic mass is 11.3. The lowest BCUT2D eigenvalue weighted by Gasteiger charge is -0.813. The summed E-state index contributed by atoms with van der Waals surface area (Å²) in [4.78, 5) is 0. The Bertz CT molecular complexity index is 4.00. The quantitative estimate of drug-likeness (QED) is 0.395. The van der Waals surface area contributed by atoms with Crippen molar-refractivity contribution in [2.24, 2.45) is 0 Å². The number of hydrogen-bond acceptors (Lipinski definition) is 0. The molecule has 0 N–H and O–H groups in total. The van der Waals surface area contributed by atoms with Crippen LogP contribution in [0.15, 0.2) is 13.2 Å². The topological polar surface area (TPSA) is 0 Å². The predicted octanol–water partition coefficient (Wildman–Crippen LogP) is 1.03. The van der Waals surface area contributed by atoms with Crippen molar-refractivity contribution in [3.8, 4) is 0 Å². The molecule has 2 heteroatoms. The van der Waals surface area contributed by atoms with Gasteiger partial charge in [0.05, 0.1) is 0 Å². The zero-order chi connectivity index (χ0) is 2.00. The lowest BCUT2D eigenvalue weighted by Crippen LogP contribution is -0.552.